The van der Waals surface area contributed by atoms with E-state index in [0.717, 1.165) is 23.6 Å². The van der Waals surface area contributed by atoms with Gasteiger partial charge in [0.05, 0.1) is 12.4 Å². The lowest BCUT2D eigenvalue weighted by Gasteiger charge is -2.06. The van der Waals surface area contributed by atoms with E-state index < -0.39 is 0 Å². The second-order valence-corrected chi connectivity index (χ2v) is 6.16. The number of benzene rings is 2. The van der Waals surface area contributed by atoms with Crippen LogP contribution in [0.3, 0.4) is 0 Å². The van der Waals surface area contributed by atoms with Gasteiger partial charge in [-0.25, -0.2) is 0 Å². The van der Waals surface area contributed by atoms with Crippen molar-refractivity contribution in [3.8, 4) is 5.75 Å². The molecule has 0 aliphatic rings. The van der Waals surface area contributed by atoms with E-state index in [1.165, 1.54) is 0 Å². The number of para-hydroxylation sites is 1. The molecule has 0 heterocycles. The van der Waals surface area contributed by atoms with Gasteiger partial charge in [0.1, 0.15) is 5.75 Å². The van der Waals surface area contributed by atoms with Gasteiger partial charge in [-0.3, -0.25) is 4.79 Å². The van der Waals surface area contributed by atoms with Crippen LogP contribution in [0.25, 0.3) is 0 Å². The highest BCUT2D eigenvalue weighted by molar-refractivity contribution is 7.99. The molecule has 0 atom stereocenters. The summed E-state index contributed by atoms with van der Waals surface area (Å²) in [6, 6.07) is 16.8. The van der Waals surface area contributed by atoms with Crippen LogP contribution in [0.2, 0.25) is 5.02 Å². The van der Waals surface area contributed by atoms with Crippen LogP contribution in [0.4, 0.5) is 5.69 Å². The van der Waals surface area contributed by atoms with Crippen LogP contribution >= 0.6 is 23.4 Å². The van der Waals surface area contributed by atoms with Gasteiger partial charge in [0.15, 0.2) is 0 Å². The number of carbonyl (C=O) groups excluding carboxylic acids is 1. The highest BCUT2D eigenvalue weighted by Crippen LogP contribution is 2.14. The number of carbonyl (C=O) groups is 1. The Kier molecular flexibility index (Phi) is 7.13. The van der Waals surface area contributed by atoms with E-state index in [1.807, 2.05) is 30.3 Å². The second-order valence-electron chi connectivity index (χ2n) is 4.62. The number of rotatable bonds is 8. The number of hydrogen-bond donors (Lipinski definition) is 1. The number of amides is 1. The number of ether oxygens (including phenoxy) is 1. The maximum atomic E-state index is 11.8. The minimum Gasteiger partial charge on any atom is -0.494 e. The van der Waals surface area contributed by atoms with Crippen LogP contribution in [0, 0.1) is 0 Å². The predicted octanol–water partition coefficient (Wildman–Crippen LogP) is 4.48. The van der Waals surface area contributed by atoms with E-state index in [2.05, 4.69) is 5.32 Å². The molecule has 2 aromatic rings. The minimum atomic E-state index is -0.00343. The molecule has 0 saturated heterocycles. The van der Waals surface area contributed by atoms with E-state index >= 15 is 0 Å². The van der Waals surface area contributed by atoms with Crippen LogP contribution in [0.1, 0.15) is 6.42 Å². The average Bonchev–Trinajstić information content (AvgIpc) is 2.54. The fourth-order valence-corrected chi connectivity index (χ4v) is 2.61. The maximum absolute atomic E-state index is 11.8. The third-order valence-electron chi connectivity index (χ3n) is 2.81. The van der Waals surface area contributed by atoms with Crippen LogP contribution in [0.15, 0.2) is 54.6 Å². The van der Waals surface area contributed by atoms with Gasteiger partial charge in [-0.2, -0.15) is 11.8 Å². The summed E-state index contributed by atoms with van der Waals surface area (Å²) >= 11 is 7.40. The Labute approximate surface area is 140 Å². The van der Waals surface area contributed by atoms with E-state index in [9.17, 15) is 4.79 Å². The third-order valence-corrected chi connectivity index (χ3v) is 4.10. The quantitative estimate of drug-likeness (QED) is 0.723. The smallest absolute Gasteiger partial charge is 0.234 e. The van der Waals surface area contributed by atoms with Crippen LogP contribution in [-0.2, 0) is 4.79 Å². The zero-order chi connectivity index (χ0) is 15.6. The number of nitrogens with one attached hydrogen (secondary N) is 1. The van der Waals surface area contributed by atoms with Crippen molar-refractivity contribution in [1.29, 1.82) is 0 Å². The fourth-order valence-electron chi connectivity index (χ4n) is 1.76. The topological polar surface area (TPSA) is 38.3 Å². The lowest BCUT2D eigenvalue weighted by atomic mass is 10.3. The largest absolute Gasteiger partial charge is 0.494 e. The van der Waals surface area contributed by atoms with E-state index in [1.54, 1.807) is 36.0 Å². The second kappa shape index (κ2) is 9.38. The molecule has 0 bridgehead atoms. The Morgan fingerprint density at radius 2 is 1.82 bits per heavy atom. The number of hydrogen-bond acceptors (Lipinski definition) is 3. The van der Waals surface area contributed by atoms with E-state index in [0.29, 0.717) is 17.4 Å². The highest BCUT2D eigenvalue weighted by atomic mass is 35.5. The first-order chi connectivity index (χ1) is 10.7. The van der Waals surface area contributed by atoms with E-state index in [4.69, 9.17) is 16.3 Å². The zero-order valence-corrected chi connectivity index (χ0v) is 13.7. The minimum absolute atomic E-state index is 0.00343. The van der Waals surface area contributed by atoms with Crippen molar-refractivity contribution >= 4 is 35.0 Å². The number of anilines is 1. The highest BCUT2D eigenvalue weighted by Gasteiger charge is 2.02. The predicted molar refractivity (Wildman–Crippen MR) is 94.0 cm³/mol. The Bertz CT molecular complexity index is 575. The Balaban J connectivity index is 1.54. The summed E-state index contributed by atoms with van der Waals surface area (Å²) in [5.74, 6) is 2.21. The van der Waals surface area contributed by atoms with Gasteiger partial charge in [0.25, 0.3) is 0 Å². The van der Waals surface area contributed by atoms with Crippen molar-refractivity contribution in [3.05, 3.63) is 59.6 Å². The molecule has 0 aromatic heterocycles. The number of thioether (sulfide) groups is 1. The van der Waals surface area contributed by atoms with Gasteiger partial charge in [-0.15, -0.1) is 0 Å². The van der Waals surface area contributed by atoms with Crippen LogP contribution < -0.4 is 10.1 Å². The lowest BCUT2D eigenvalue weighted by Crippen LogP contribution is -2.14. The first-order valence-electron chi connectivity index (χ1n) is 7.05. The van der Waals surface area contributed by atoms with Crippen molar-refractivity contribution in [2.24, 2.45) is 0 Å². The Hall–Kier alpha value is -1.65. The summed E-state index contributed by atoms with van der Waals surface area (Å²) in [7, 11) is 0. The van der Waals surface area contributed by atoms with Crippen molar-refractivity contribution in [2.45, 2.75) is 6.42 Å². The van der Waals surface area contributed by atoms with Gasteiger partial charge >= 0.3 is 0 Å². The molecule has 0 spiro atoms. The van der Waals surface area contributed by atoms with Crippen molar-refractivity contribution in [1.82, 2.24) is 0 Å². The SMILES string of the molecule is O=C(CSCCCOc1ccccc1)Nc1ccc(Cl)cc1. The molecule has 0 aliphatic heterocycles. The molecule has 0 saturated carbocycles. The summed E-state index contributed by atoms with van der Waals surface area (Å²) in [4.78, 5) is 11.8. The lowest BCUT2D eigenvalue weighted by molar-refractivity contribution is -0.113. The third kappa shape index (κ3) is 6.41. The standard InChI is InChI=1S/C17H18ClNO2S/c18-14-7-9-15(10-8-14)19-17(20)13-22-12-4-11-21-16-5-2-1-3-6-16/h1-3,5-10H,4,11-13H2,(H,19,20). The molecule has 1 N–H and O–H groups in total. The molecule has 5 heteroatoms. The molecule has 2 aromatic carbocycles. The molecular weight excluding hydrogens is 318 g/mol. The van der Waals surface area contributed by atoms with Crippen molar-refractivity contribution in [2.75, 3.05) is 23.4 Å². The molecule has 3 nitrogen and oxygen atoms in total. The molecule has 116 valence electrons. The Morgan fingerprint density at radius 3 is 2.55 bits per heavy atom. The average molecular weight is 336 g/mol. The molecule has 0 radical (unpaired) electrons. The molecule has 2 rings (SSSR count). The van der Waals surface area contributed by atoms with Gasteiger partial charge in [-0.1, -0.05) is 29.8 Å². The number of halogens is 1. The summed E-state index contributed by atoms with van der Waals surface area (Å²) in [5.41, 5.74) is 0.766. The summed E-state index contributed by atoms with van der Waals surface area (Å²) in [5, 5.41) is 3.49. The molecule has 1 amide bonds. The maximum Gasteiger partial charge on any atom is 0.234 e. The summed E-state index contributed by atoms with van der Waals surface area (Å²) in [6.45, 7) is 0.663. The molecule has 0 unspecified atom stereocenters. The zero-order valence-electron chi connectivity index (χ0n) is 12.1. The van der Waals surface area contributed by atoms with Crippen LogP contribution in [-0.4, -0.2) is 24.0 Å². The molecule has 22 heavy (non-hydrogen) atoms. The van der Waals surface area contributed by atoms with Gasteiger partial charge in [0.2, 0.25) is 5.91 Å². The van der Waals surface area contributed by atoms with Crippen molar-refractivity contribution < 1.29 is 9.53 Å². The molecule has 0 fully saturated rings. The van der Waals surface area contributed by atoms with Crippen LogP contribution in [0.5, 0.6) is 5.75 Å². The summed E-state index contributed by atoms with van der Waals surface area (Å²) in [6.07, 6.45) is 0.911. The van der Waals surface area contributed by atoms with Gasteiger partial charge in [0, 0.05) is 10.7 Å². The normalized spacial score (nSPS) is 10.2. The summed E-state index contributed by atoms with van der Waals surface area (Å²) < 4.78 is 5.59. The monoisotopic (exact) mass is 335 g/mol. The van der Waals surface area contributed by atoms with Gasteiger partial charge < -0.3 is 10.1 Å². The fraction of sp³-hybridized carbons (Fsp3) is 0.235. The first-order valence-corrected chi connectivity index (χ1v) is 8.58. The van der Waals surface area contributed by atoms with E-state index in [-0.39, 0.29) is 5.91 Å². The van der Waals surface area contributed by atoms with Crippen molar-refractivity contribution in [3.63, 3.8) is 0 Å². The molecular formula is C17H18ClNO2S. The molecule has 0 aliphatic carbocycles. The first kappa shape index (κ1) is 16.7. The van der Waals surface area contributed by atoms with Gasteiger partial charge in [-0.05, 0) is 48.6 Å². The Morgan fingerprint density at radius 1 is 1.09 bits per heavy atom.